The first-order chi connectivity index (χ1) is 27.3. The third-order valence-electron chi connectivity index (χ3n) is 10.4. The summed E-state index contributed by atoms with van der Waals surface area (Å²) in [5, 5.41) is 4.59. The highest BCUT2D eigenvalue weighted by atomic mass is 15.1. The third kappa shape index (κ3) is 6.08. The van der Waals surface area contributed by atoms with Crippen molar-refractivity contribution in [3.8, 4) is 44.8 Å². The number of fused-ring (bicyclic) bond motifs is 5. The zero-order chi connectivity index (χ0) is 36.6. The lowest BCUT2D eigenvalue weighted by molar-refractivity contribution is 1.28. The maximum Gasteiger partial charge on any atom is 0.0979 e. The minimum Gasteiger partial charge on any atom is -0.310 e. The van der Waals surface area contributed by atoms with Crippen LogP contribution in [0, 0.1) is 0 Å². The van der Waals surface area contributed by atoms with E-state index >= 15 is 0 Å². The Morgan fingerprint density at radius 1 is 0.309 bits per heavy atom. The second-order valence-corrected chi connectivity index (χ2v) is 13.8. The van der Waals surface area contributed by atoms with Crippen molar-refractivity contribution in [1.29, 1.82) is 0 Å². The van der Waals surface area contributed by atoms with Gasteiger partial charge >= 0.3 is 0 Å². The normalized spacial score (nSPS) is 11.3. The molecular formula is C52H35N3. The maximum atomic E-state index is 5.42. The van der Waals surface area contributed by atoms with E-state index in [9.17, 15) is 0 Å². The molecular weight excluding hydrogens is 667 g/mol. The van der Waals surface area contributed by atoms with Crippen LogP contribution in [-0.4, -0.2) is 9.97 Å². The molecule has 10 rings (SSSR count). The quantitative estimate of drug-likeness (QED) is 0.155. The molecule has 55 heavy (non-hydrogen) atoms. The van der Waals surface area contributed by atoms with Crippen LogP contribution in [0.4, 0.5) is 17.1 Å². The van der Waals surface area contributed by atoms with Crippen molar-refractivity contribution in [2.24, 2.45) is 0 Å². The van der Waals surface area contributed by atoms with E-state index in [1.54, 1.807) is 0 Å². The Kier molecular flexibility index (Phi) is 8.16. The highest BCUT2D eigenvalue weighted by Crippen LogP contribution is 2.40. The fraction of sp³-hybridized carbons (Fsp3) is 0. The molecule has 0 fully saturated rings. The summed E-state index contributed by atoms with van der Waals surface area (Å²) in [4.78, 5) is 13.0. The Labute approximate surface area is 320 Å². The van der Waals surface area contributed by atoms with E-state index in [2.05, 4.69) is 205 Å². The van der Waals surface area contributed by atoms with Gasteiger partial charge in [-0.25, -0.2) is 9.97 Å². The van der Waals surface area contributed by atoms with Crippen LogP contribution in [0.1, 0.15) is 0 Å². The zero-order valence-corrected chi connectivity index (χ0v) is 30.0. The van der Waals surface area contributed by atoms with Crippen LogP contribution >= 0.6 is 0 Å². The van der Waals surface area contributed by atoms with Crippen LogP contribution in [0.5, 0.6) is 0 Å². The number of anilines is 3. The van der Waals surface area contributed by atoms with Crippen molar-refractivity contribution >= 4 is 49.6 Å². The van der Waals surface area contributed by atoms with Crippen molar-refractivity contribution in [3.05, 3.63) is 212 Å². The lowest BCUT2D eigenvalue weighted by Gasteiger charge is -2.26. The molecule has 0 amide bonds. The molecule has 0 saturated carbocycles. The Morgan fingerprint density at radius 2 is 0.800 bits per heavy atom. The van der Waals surface area contributed by atoms with Gasteiger partial charge in [0.15, 0.2) is 0 Å². The number of hydrogen-bond donors (Lipinski definition) is 0. The largest absolute Gasteiger partial charge is 0.310 e. The van der Waals surface area contributed by atoms with Crippen molar-refractivity contribution in [2.75, 3.05) is 4.90 Å². The van der Waals surface area contributed by atoms with Gasteiger partial charge in [-0.05, 0) is 86.9 Å². The molecule has 0 atom stereocenters. The van der Waals surface area contributed by atoms with E-state index in [0.717, 1.165) is 83.3 Å². The van der Waals surface area contributed by atoms with Crippen LogP contribution < -0.4 is 4.90 Å². The van der Waals surface area contributed by atoms with E-state index in [4.69, 9.17) is 9.97 Å². The van der Waals surface area contributed by atoms with E-state index in [0.29, 0.717) is 0 Å². The molecule has 1 heterocycles. The van der Waals surface area contributed by atoms with Gasteiger partial charge < -0.3 is 4.90 Å². The van der Waals surface area contributed by atoms with Gasteiger partial charge in [-0.1, -0.05) is 164 Å². The summed E-state index contributed by atoms with van der Waals surface area (Å²) in [7, 11) is 0. The summed E-state index contributed by atoms with van der Waals surface area (Å²) in [6.45, 7) is 0. The maximum absolute atomic E-state index is 5.42. The second-order valence-electron chi connectivity index (χ2n) is 13.8. The SMILES string of the molecule is c1ccc(-c2ccc(N(c3ccccc3)c3cccc(-c4ccc5c(ccc6ccc7nc(-c8ccccc8)c(-c8ccccc8)nc7c65)c4)c3)cc2)cc1. The summed E-state index contributed by atoms with van der Waals surface area (Å²) < 4.78 is 0. The fourth-order valence-corrected chi connectivity index (χ4v) is 7.72. The summed E-state index contributed by atoms with van der Waals surface area (Å²) in [5.41, 5.74) is 13.7. The molecule has 0 aliphatic rings. The Bertz CT molecular complexity index is 2940. The van der Waals surface area contributed by atoms with Crippen LogP contribution in [0.3, 0.4) is 0 Å². The van der Waals surface area contributed by atoms with Gasteiger partial charge in [0.2, 0.25) is 0 Å². The average Bonchev–Trinajstić information content (AvgIpc) is 3.27. The van der Waals surface area contributed by atoms with Crippen LogP contribution in [0.2, 0.25) is 0 Å². The van der Waals surface area contributed by atoms with Gasteiger partial charge in [0.25, 0.3) is 0 Å². The number of rotatable bonds is 7. The molecule has 3 heteroatoms. The Balaban J connectivity index is 1.08. The molecule has 0 unspecified atom stereocenters. The molecule has 0 spiro atoms. The van der Waals surface area contributed by atoms with E-state index in [1.165, 1.54) is 11.1 Å². The predicted octanol–water partition coefficient (Wildman–Crippen LogP) is 14.1. The lowest BCUT2D eigenvalue weighted by atomic mass is 9.96. The van der Waals surface area contributed by atoms with Gasteiger partial charge in [-0.2, -0.15) is 0 Å². The summed E-state index contributed by atoms with van der Waals surface area (Å²) in [6, 6.07) is 75.0. The molecule has 10 aromatic rings. The van der Waals surface area contributed by atoms with Crippen molar-refractivity contribution in [2.45, 2.75) is 0 Å². The molecule has 0 bridgehead atoms. The molecule has 3 nitrogen and oxygen atoms in total. The van der Waals surface area contributed by atoms with E-state index in [-0.39, 0.29) is 0 Å². The molecule has 1 aromatic heterocycles. The fourth-order valence-electron chi connectivity index (χ4n) is 7.72. The first kappa shape index (κ1) is 32.3. The van der Waals surface area contributed by atoms with Crippen LogP contribution in [-0.2, 0) is 0 Å². The molecule has 0 N–H and O–H groups in total. The predicted molar refractivity (Wildman–Crippen MR) is 231 cm³/mol. The molecule has 0 saturated heterocycles. The smallest absolute Gasteiger partial charge is 0.0979 e. The third-order valence-corrected chi connectivity index (χ3v) is 10.4. The van der Waals surface area contributed by atoms with Crippen molar-refractivity contribution in [1.82, 2.24) is 9.97 Å². The highest BCUT2D eigenvalue weighted by molar-refractivity contribution is 6.19. The number of para-hydroxylation sites is 1. The molecule has 0 aliphatic carbocycles. The number of hydrogen-bond acceptors (Lipinski definition) is 3. The van der Waals surface area contributed by atoms with Gasteiger partial charge in [-0.15, -0.1) is 0 Å². The van der Waals surface area contributed by atoms with Gasteiger partial charge in [0, 0.05) is 33.6 Å². The minimum absolute atomic E-state index is 0.883. The van der Waals surface area contributed by atoms with Gasteiger partial charge in [0.1, 0.15) is 0 Å². The number of aromatic nitrogens is 2. The standard InChI is InChI=1S/C52H35N3/c1-5-14-36(15-6-1)37-26-30-45(31-27-37)55(44-21-11-4-12-22-44)46-23-13-20-41(35-46)42-28-32-47-43(34-42)25-24-38-29-33-48-52(49(38)47)54-51(40-18-9-3-10-19-40)50(53-48)39-16-7-2-8-17-39/h1-35H. The first-order valence-electron chi connectivity index (χ1n) is 18.7. The number of benzene rings is 9. The van der Waals surface area contributed by atoms with Crippen molar-refractivity contribution in [3.63, 3.8) is 0 Å². The Hall–Kier alpha value is -7.36. The van der Waals surface area contributed by atoms with E-state index in [1.807, 2.05) is 12.1 Å². The Morgan fingerprint density at radius 3 is 1.49 bits per heavy atom. The lowest BCUT2D eigenvalue weighted by Crippen LogP contribution is -2.09. The summed E-state index contributed by atoms with van der Waals surface area (Å²) in [6.07, 6.45) is 0. The topological polar surface area (TPSA) is 29.0 Å². The van der Waals surface area contributed by atoms with Crippen molar-refractivity contribution < 1.29 is 0 Å². The monoisotopic (exact) mass is 701 g/mol. The molecule has 0 aliphatic heterocycles. The van der Waals surface area contributed by atoms with Gasteiger partial charge in [0.05, 0.1) is 22.4 Å². The zero-order valence-electron chi connectivity index (χ0n) is 30.0. The number of nitrogens with zero attached hydrogens (tertiary/aromatic N) is 3. The average molecular weight is 702 g/mol. The summed E-state index contributed by atoms with van der Waals surface area (Å²) >= 11 is 0. The van der Waals surface area contributed by atoms with Crippen LogP contribution in [0.15, 0.2) is 212 Å². The molecule has 9 aromatic carbocycles. The first-order valence-corrected chi connectivity index (χ1v) is 18.7. The minimum atomic E-state index is 0.883. The van der Waals surface area contributed by atoms with E-state index < -0.39 is 0 Å². The van der Waals surface area contributed by atoms with Crippen LogP contribution in [0.25, 0.3) is 77.3 Å². The molecule has 0 radical (unpaired) electrons. The summed E-state index contributed by atoms with van der Waals surface area (Å²) in [5.74, 6) is 0. The molecule has 258 valence electrons. The van der Waals surface area contributed by atoms with Gasteiger partial charge in [-0.3, -0.25) is 0 Å². The highest BCUT2D eigenvalue weighted by Gasteiger charge is 2.17. The second kappa shape index (κ2) is 13.9.